The second-order valence-electron chi connectivity index (χ2n) is 4.96. The van der Waals surface area contributed by atoms with Gasteiger partial charge in [-0.25, -0.2) is 4.68 Å². The maximum atomic E-state index is 10.7. The molecule has 3 aromatic rings. The summed E-state index contributed by atoms with van der Waals surface area (Å²) in [5.74, 6) is 0.757. The quantitative estimate of drug-likeness (QED) is 0.534. The second kappa shape index (κ2) is 6.27. The molecule has 116 valence electrons. The van der Waals surface area contributed by atoms with Crippen LogP contribution in [0.3, 0.4) is 0 Å². The van der Waals surface area contributed by atoms with E-state index in [-0.39, 0.29) is 5.69 Å². The van der Waals surface area contributed by atoms with Crippen molar-refractivity contribution in [1.29, 1.82) is 0 Å². The molecule has 0 bridgehead atoms. The fourth-order valence-corrected chi connectivity index (χ4v) is 2.20. The fraction of sp³-hybridized carbons (Fsp3) is 0.125. The molecule has 0 aliphatic rings. The lowest BCUT2D eigenvalue weighted by Crippen LogP contribution is -2.00. The Morgan fingerprint density at radius 3 is 2.70 bits per heavy atom. The van der Waals surface area contributed by atoms with Gasteiger partial charge in [0.2, 0.25) is 0 Å². The van der Waals surface area contributed by atoms with Gasteiger partial charge >= 0.3 is 0 Å². The van der Waals surface area contributed by atoms with Crippen LogP contribution in [0.4, 0.5) is 5.69 Å². The van der Waals surface area contributed by atoms with Crippen LogP contribution in [0.2, 0.25) is 0 Å². The molecular weight excluding hydrogens is 296 g/mol. The predicted octanol–water partition coefficient (Wildman–Crippen LogP) is 2.91. The summed E-state index contributed by atoms with van der Waals surface area (Å²) < 4.78 is 6.89. The van der Waals surface area contributed by atoms with Gasteiger partial charge in [-0.1, -0.05) is 29.5 Å². The number of hydrogen-bond acceptors (Lipinski definition) is 5. The Kier molecular flexibility index (Phi) is 4.01. The van der Waals surface area contributed by atoms with Crippen LogP contribution in [0.25, 0.3) is 11.3 Å². The van der Waals surface area contributed by atoms with Crippen LogP contribution >= 0.6 is 0 Å². The molecule has 23 heavy (non-hydrogen) atoms. The zero-order chi connectivity index (χ0) is 16.2. The number of nitrogens with zero attached hydrogens (tertiary/aromatic N) is 4. The SMILES string of the molecule is COc1cccc(-c2cn(Cc3ccc([N+](=O)[O-])cc3)nn2)c1. The summed E-state index contributed by atoms with van der Waals surface area (Å²) in [4.78, 5) is 10.2. The van der Waals surface area contributed by atoms with E-state index in [2.05, 4.69) is 10.3 Å². The first-order valence-electron chi connectivity index (χ1n) is 6.93. The number of non-ortho nitro benzene ring substituents is 1. The van der Waals surface area contributed by atoms with Gasteiger partial charge in [0.1, 0.15) is 11.4 Å². The number of hydrogen-bond donors (Lipinski definition) is 0. The summed E-state index contributed by atoms with van der Waals surface area (Å²) in [7, 11) is 1.62. The highest BCUT2D eigenvalue weighted by Crippen LogP contribution is 2.21. The smallest absolute Gasteiger partial charge is 0.269 e. The van der Waals surface area contributed by atoms with Crippen molar-refractivity contribution in [2.24, 2.45) is 0 Å². The standard InChI is InChI=1S/C16H14N4O3/c1-23-15-4-2-3-13(9-15)16-11-19(18-17-16)10-12-5-7-14(8-6-12)20(21)22/h2-9,11H,10H2,1H3. The molecule has 0 fully saturated rings. The van der Waals surface area contributed by atoms with E-state index in [9.17, 15) is 10.1 Å². The normalized spacial score (nSPS) is 10.5. The zero-order valence-corrected chi connectivity index (χ0v) is 12.4. The molecule has 0 unspecified atom stereocenters. The van der Waals surface area contributed by atoms with Gasteiger partial charge in [-0.3, -0.25) is 10.1 Å². The Hall–Kier alpha value is -3.22. The molecule has 1 heterocycles. The average Bonchev–Trinajstić information content (AvgIpc) is 3.04. The summed E-state index contributed by atoms with van der Waals surface area (Å²) in [5, 5.41) is 18.9. The van der Waals surface area contributed by atoms with Gasteiger partial charge in [0.05, 0.1) is 24.8 Å². The molecule has 1 aromatic heterocycles. The van der Waals surface area contributed by atoms with Crippen LogP contribution in [-0.2, 0) is 6.54 Å². The first-order valence-corrected chi connectivity index (χ1v) is 6.93. The van der Waals surface area contributed by atoms with Crippen molar-refractivity contribution in [3.63, 3.8) is 0 Å². The van der Waals surface area contributed by atoms with Crippen molar-refractivity contribution in [1.82, 2.24) is 15.0 Å². The molecule has 0 saturated carbocycles. The van der Waals surface area contributed by atoms with Crippen molar-refractivity contribution >= 4 is 5.69 Å². The van der Waals surface area contributed by atoms with Crippen LogP contribution in [0, 0.1) is 10.1 Å². The molecule has 0 atom stereocenters. The average molecular weight is 310 g/mol. The molecular formula is C16H14N4O3. The Labute approximate surface area is 132 Å². The topological polar surface area (TPSA) is 83.1 Å². The van der Waals surface area contributed by atoms with Crippen LogP contribution in [-0.4, -0.2) is 27.0 Å². The third kappa shape index (κ3) is 3.34. The lowest BCUT2D eigenvalue weighted by Gasteiger charge is -2.01. The summed E-state index contributed by atoms with van der Waals surface area (Å²) in [5.41, 5.74) is 2.65. The van der Waals surface area contributed by atoms with Gasteiger partial charge in [0.25, 0.3) is 5.69 Å². The van der Waals surface area contributed by atoms with Gasteiger partial charge in [-0.15, -0.1) is 5.10 Å². The number of rotatable bonds is 5. The molecule has 7 heteroatoms. The van der Waals surface area contributed by atoms with E-state index in [1.165, 1.54) is 12.1 Å². The Bertz CT molecular complexity index is 827. The lowest BCUT2D eigenvalue weighted by atomic mass is 10.1. The highest BCUT2D eigenvalue weighted by atomic mass is 16.6. The second-order valence-corrected chi connectivity index (χ2v) is 4.96. The maximum Gasteiger partial charge on any atom is 0.269 e. The molecule has 7 nitrogen and oxygen atoms in total. The Balaban J connectivity index is 1.77. The van der Waals surface area contributed by atoms with E-state index in [0.717, 1.165) is 22.6 Å². The molecule has 0 amide bonds. The molecule has 0 spiro atoms. The van der Waals surface area contributed by atoms with Crippen LogP contribution in [0.15, 0.2) is 54.7 Å². The fourth-order valence-electron chi connectivity index (χ4n) is 2.20. The van der Waals surface area contributed by atoms with E-state index >= 15 is 0 Å². The lowest BCUT2D eigenvalue weighted by molar-refractivity contribution is -0.384. The molecule has 0 N–H and O–H groups in total. The van der Waals surface area contributed by atoms with Gasteiger partial charge < -0.3 is 4.74 Å². The molecule has 2 aromatic carbocycles. The monoisotopic (exact) mass is 310 g/mol. The highest BCUT2D eigenvalue weighted by Gasteiger charge is 2.07. The number of ether oxygens (including phenoxy) is 1. The Morgan fingerprint density at radius 1 is 1.22 bits per heavy atom. The van der Waals surface area contributed by atoms with E-state index in [1.54, 1.807) is 23.9 Å². The minimum atomic E-state index is -0.417. The van der Waals surface area contributed by atoms with Crippen molar-refractivity contribution in [2.75, 3.05) is 7.11 Å². The third-order valence-electron chi connectivity index (χ3n) is 3.40. The van der Waals surface area contributed by atoms with Crippen LogP contribution in [0.1, 0.15) is 5.56 Å². The highest BCUT2D eigenvalue weighted by molar-refractivity contribution is 5.59. The summed E-state index contributed by atoms with van der Waals surface area (Å²) in [6.07, 6.45) is 1.83. The van der Waals surface area contributed by atoms with Crippen molar-refractivity contribution in [3.8, 4) is 17.0 Å². The van der Waals surface area contributed by atoms with E-state index in [0.29, 0.717) is 6.54 Å². The van der Waals surface area contributed by atoms with Gasteiger partial charge in [-0.05, 0) is 17.7 Å². The Morgan fingerprint density at radius 2 is 2.00 bits per heavy atom. The van der Waals surface area contributed by atoms with E-state index in [4.69, 9.17) is 4.74 Å². The summed E-state index contributed by atoms with van der Waals surface area (Å²) in [6, 6.07) is 14.0. The van der Waals surface area contributed by atoms with Gasteiger partial charge in [-0.2, -0.15) is 0 Å². The summed E-state index contributed by atoms with van der Waals surface area (Å²) >= 11 is 0. The molecule has 0 saturated heterocycles. The largest absolute Gasteiger partial charge is 0.497 e. The maximum absolute atomic E-state index is 10.7. The molecule has 0 aliphatic heterocycles. The molecule has 3 rings (SSSR count). The van der Waals surface area contributed by atoms with Gasteiger partial charge in [0, 0.05) is 17.7 Å². The predicted molar refractivity (Wildman–Crippen MR) is 84.2 cm³/mol. The summed E-state index contributed by atoms with van der Waals surface area (Å²) in [6.45, 7) is 0.495. The van der Waals surface area contributed by atoms with Crippen molar-refractivity contribution in [2.45, 2.75) is 6.54 Å². The van der Waals surface area contributed by atoms with E-state index in [1.807, 2.05) is 30.5 Å². The number of aromatic nitrogens is 3. The first-order chi connectivity index (χ1) is 11.2. The third-order valence-corrected chi connectivity index (χ3v) is 3.40. The number of benzene rings is 2. The van der Waals surface area contributed by atoms with E-state index < -0.39 is 4.92 Å². The first kappa shape index (κ1) is 14.7. The minimum absolute atomic E-state index is 0.0735. The number of methoxy groups -OCH3 is 1. The number of nitro groups is 1. The minimum Gasteiger partial charge on any atom is -0.497 e. The van der Waals surface area contributed by atoms with Crippen molar-refractivity contribution < 1.29 is 9.66 Å². The molecule has 0 radical (unpaired) electrons. The van der Waals surface area contributed by atoms with Crippen LogP contribution in [0.5, 0.6) is 5.75 Å². The number of nitro benzene ring substituents is 1. The van der Waals surface area contributed by atoms with Crippen LogP contribution < -0.4 is 4.74 Å². The van der Waals surface area contributed by atoms with Gasteiger partial charge in [0.15, 0.2) is 0 Å². The zero-order valence-electron chi connectivity index (χ0n) is 12.4. The van der Waals surface area contributed by atoms with Crippen molar-refractivity contribution in [3.05, 3.63) is 70.4 Å². The molecule has 0 aliphatic carbocycles.